The summed E-state index contributed by atoms with van der Waals surface area (Å²) in [6, 6.07) is 17.7. The normalized spacial score (nSPS) is 10.4. The van der Waals surface area contributed by atoms with E-state index in [0.29, 0.717) is 5.75 Å². The van der Waals surface area contributed by atoms with Gasteiger partial charge in [-0.15, -0.1) is 0 Å². The molecule has 3 nitrogen and oxygen atoms in total. The highest BCUT2D eigenvalue weighted by atomic mass is 16.5. The van der Waals surface area contributed by atoms with E-state index in [1.807, 2.05) is 48.5 Å². The third kappa shape index (κ3) is 4.28. The van der Waals surface area contributed by atoms with Crippen LogP contribution in [0.5, 0.6) is 5.75 Å². The van der Waals surface area contributed by atoms with E-state index in [1.54, 1.807) is 7.05 Å². The van der Waals surface area contributed by atoms with Crippen molar-refractivity contribution < 1.29 is 9.53 Å². The standard InChI is InChI=1S/C17H17NO2/c1-18-17(19)13-20-16-11-9-15(10-12-16)8-7-14-5-3-2-4-6-14/h2-12H,13H2,1H3,(H,18,19). The third-order valence-electron chi connectivity index (χ3n) is 2.80. The molecule has 0 saturated carbocycles. The van der Waals surface area contributed by atoms with Crippen LogP contribution in [0.1, 0.15) is 11.1 Å². The number of hydrogen-bond acceptors (Lipinski definition) is 2. The molecule has 0 aliphatic heterocycles. The SMILES string of the molecule is CNC(=O)COc1ccc(C=Cc2ccccc2)cc1. The van der Waals surface area contributed by atoms with Gasteiger partial charge in [0.05, 0.1) is 0 Å². The monoisotopic (exact) mass is 267 g/mol. The highest BCUT2D eigenvalue weighted by Gasteiger charge is 1.99. The van der Waals surface area contributed by atoms with Crippen LogP contribution in [0.25, 0.3) is 12.2 Å². The van der Waals surface area contributed by atoms with Crippen molar-refractivity contribution >= 4 is 18.1 Å². The Morgan fingerprint density at radius 3 is 2.20 bits per heavy atom. The van der Waals surface area contributed by atoms with Crippen molar-refractivity contribution in [3.63, 3.8) is 0 Å². The first-order chi connectivity index (χ1) is 9.78. The smallest absolute Gasteiger partial charge is 0.257 e. The molecule has 0 bridgehead atoms. The predicted octanol–water partition coefficient (Wildman–Crippen LogP) is 2.98. The lowest BCUT2D eigenvalue weighted by Gasteiger charge is -2.05. The Labute approximate surface area is 118 Å². The lowest BCUT2D eigenvalue weighted by Crippen LogP contribution is -2.24. The Morgan fingerprint density at radius 2 is 1.60 bits per heavy atom. The summed E-state index contributed by atoms with van der Waals surface area (Å²) >= 11 is 0. The summed E-state index contributed by atoms with van der Waals surface area (Å²) in [7, 11) is 1.59. The maximum atomic E-state index is 11.1. The Morgan fingerprint density at radius 1 is 1.00 bits per heavy atom. The molecule has 2 aromatic rings. The van der Waals surface area contributed by atoms with E-state index in [-0.39, 0.29) is 12.5 Å². The first-order valence-electron chi connectivity index (χ1n) is 6.44. The zero-order chi connectivity index (χ0) is 14.2. The van der Waals surface area contributed by atoms with E-state index >= 15 is 0 Å². The molecule has 2 aromatic carbocycles. The maximum absolute atomic E-state index is 11.1. The fourth-order valence-electron chi connectivity index (χ4n) is 1.65. The lowest BCUT2D eigenvalue weighted by atomic mass is 10.1. The van der Waals surface area contributed by atoms with Crippen LogP contribution >= 0.6 is 0 Å². The van der Waals surface area contributed by atoms with Crippen molar-refractivity contribution in [2.45, 2.75) is 0 Å². The van der Waals surface area contributed by atoms with E-state index in [0.717, 1.165) is 11.1 Å². The number of carbonyl (C=O) groups is 1. The first kappa shape index (κ1) is 13.9. The second kappa shape index (κ2) is 7.14. The molecule has 0 saturated heterocycles. The minimum absolute atomic E-state index is 0.0374. The van der Waals surface area contributed by atoms with Crippen molar-refractivity contribution in [3.8, 4) is 5.75 Å². The highest BCUT2D eigenvalue weighted by molar-refractivity contribution is 5.77. The van der Waals surface area contributed by atoms with Crippen LogP contribution in [0.15, 0.2) is 54.6 Å². The summed E-state index contributed by atoms with van der Waals surface area (Å²) in [4.78, 5) is 11.1. The van der Waals surface area contributed by atoms with Crippen LogP contribution in [0.4, 0.5) is 0 Å². The first-order valence-corrected chi connectivity index (χ1v) is 6.44. The van der Waals surface area contributed by atoms with Crippen LogP contribution < -0.4 is 10.1 Å². The molecule has 0 spiro atoms. The van der Waals surface area contributed by atoms with Gasteiger partial charge in [0.15, 0.2) is 6.61 Å². The van der Waals surface area contributed by atoms with E-state index in [9.17, 15) is 4.79 Å². The van der Waals surface area contributed by atoms with Gasteiger partial charge in [0.25, 0.3) is 5.91 Å². The summed E-state index contributed by atoms with van der Waals surface area (Å²) in [5.41, 5.74) is 2.24. The molecule has 0 heterocycles. The van der Waals surface area contributed by atoms with Crippen molar-refractivity contribution in [1.82, 2.24) is 5.32 Å². The van der Waals surface area contributed by atoms with Gasteiger partial charge in [0, 0.05) is 7.05 Å². The van der Waals surface area contributed by atoms with Crippen LogP contribution in [0.3, 0.4) is 0 Å². The number of benzene rings is 2. The molecule has 0 aliphatic rings. The number of rotatable bonds is 5. The zero-order valence-electron chi connectivity index (χ0n) is 11.4. The second-order valence-corrected chi connectivity index (χ2v) is 4.27. The summed E-state index contributed by atoms with van der Waals surface area (Å²) in [6.07, 6.45) is 4.10. The van der Waals surface area contributed by atoms with Gasteiger partial charge >= 0.3 is 0 Å². The molecule has 0 radical (unpaired) electrons. The van der Waals surface area contributed by atoms with Crippen molar-refractivity contribution in [3.05, 3.63) is 65.7 Å². The topological polar surface area (TPSA) is 38.3 Å². The van der Waals surface area contributed by atoms with E-state index < -0.39 is 0 Å². The Bertz CT molecular complexity index is 574. The van der Waals surface area contributed by atoms with Gasteiger partial charge in [-0.2, -0.15) is 0 Å². The molecule has 102 valence electrons. The maximum Gasteiger partial charge on any atom is 0.257 e. The Kier molecular flexibility index (Phi) is 4.95. The van der Waals surface area contributed by atoms with Crippen molar-refractivity contribution in [2.24, 2.45) is 0 Å². The second-order valence-electron chi connectivity index (χ2n) is 4.27. The van der Waals surface area contributed by atoms with Crippen LogP contribution in [-0.4, -0.2) is 19.6 Å². The van der Waals surface area contributed by atoms with Gasteiger partial charge in [0.1, 0.15) is 5.75 Å². The largest absolute Gasteiger partial charge is 0.484 e. The molecule has 1 N–H and O–H groups in total. The van der Waals surface area contributed by atoms with Crippen molar-refractivity contribution in [1.29, 1.82) is 0 Å². The molecular formula is C17H17NO2. The van der Waals surface area contributed by atoms with Gasteiger partial charge in [-0.3, -0.25) is 4.79 Å². The van der Waals surface area contributed by atoms with Crippen LogP contribution in [0, 0.1) is 0 Å². The molecule has 0 unspecified atom stereocenters. The minimum atomic E-state index is -0.141. The Hall–Kier alpha value is -2.55. The summed E-state index contributed by atoms with van der Waals surface area (Å²) in [5.74, 6) is 0.545. The molecule has 2 rings (SSSR count). The molecule has 20 heavy (non-hydrogen) atoms. The third-order valence-corrected chi connectivity index (χ3v) is 2.80. The minimum Gasteiger partial charge on any atom is -0.484 e. The number of ether oxygens (including phenoxy) is 1. The Balaban J connectivity index is 1.95. The van der Waals surface area contributed by atoms with E-state index in [4.69, 9.17) is 4.74 Å². The molecule has 0 atom stereocenters. The van der Waals surface area contributed by atoms with Gasteiger partial charge < -0.3 is 10.1 Å². The summed E-state index contributed by atoms with van der Waals surface area (Å²) < 4.78 is 5.34. The fraction of sp³-hybridized carbons (Fsp3) is 0.118. The van der Waals surface area contributed by atoms with Crippen LogP contribution in [0.2, 0.25) is 0 Å². The summed E-state index contributed by atoms with van der Waals surface area (Å²) in [6.45, 7) is 0.0374. The number of hydrogen-bond donors (Lipinski definition) is 1. The average Bonchev–Trinajstić information content (AvgIpc) is 2.52. The summed E-state index contributed by atoms with van der Waals surface area (Å²) in [5, 5.41) is 2.51. The fourth-order valence-corrected chi connectivity index (χ4v) is 1.65. The number of likely N-dealkylation sites (N-methyl/N-ethyl adjacent to an activating group) is 1. The highest BCUT2D eigenvalue weighted by Crippen LogP contribution is 2.14. The number of nitrogens with one attached hydrogen (secondary N) is 1. The van der Waals surface area contributed by atoms with Crippen molar-refractivity contribution in [2.75, 3.05) is 13.7 Å². The van der Waals surface area contributed by atoms with E-state index in [1.165, 1.54) is 0 Å². The molecule has 0 aromatic heterocycles. The lowest BCUT2D eigenvalue weighted by molar-refractivity contribution is -0.122. The molecule has 0 aliphatic carbocycles. The van der Waals surface area contributed by atoms with Gasteiger partial charge in [-0.1, -0.05) is 54.6 Å². The molecule has 0 fully saturated rings. The quantitative estimate of drug-likeness (QED) is 0.846. The number of amides is 1. The molecule has 3 heteroatoms. The van der Waals surface area contributed by atoms with Gasteiger partial charge in [-0.05, 0) is 23.3 Å². The van der Waals surface area contributed by atoms with E-state index in [2.05, 4.69) is 23.5 Å². The van der Waals surface area contributed by atoms with Gasteiger partial charge in [-0.25, -0.2) is 0 Å². The average molecular weight is 267 g/mol. The molecule has 1 amide bonds. The number of carbonyl (C=O) groups excluding carboxylic acids is 1. The molecular weight excluding hydrogens is 250 g/mol. The van der Waals surface area contributed by atoms with Gasteiger partial charge in [0.2, 0.25) is 0 Å². The zero-order valence-corrected chi connectivity index (χ0v) is 11.4. The predicted molar refractivity (Wildman–Crippen MR) is 81.4 cm³/mol. The van der Waals surface area contributed by atoms with Crippen LogP contribution in [-0.2, 0) is 4.79 Å².